The molecule has 10 nitrogen and oxygen atoms in total. The fourth-order valence-electron chi connectivity index (χ4n) is 2.47. The van der Waals surface area contributed by atoms with Gasteiger partial charge in [-0.25, -0.2) is 27.6 Å². The van der Waals surface area contributed by atoms with Crippen molar-refractivity contribution < 1.29 is 27.4 Å². The minimum absolute atomic E-state index is 0.0938. The number of carboxylic acid groups (broad SMARTS) is 1. The normalized spacial score (nSPS) is 10.9. The van der Waals surface area contributed by atoms with Gasteiger partial charge in [-0.15, -0.1) is 0 Å². The lowest BCUT2D eigenvalue weighted by atomic mass is 10.2. The Morgan fingerprint density at radius 2 is 1.90 bits per heavy atom. The van der Waals surface area contributed by atoms with Crippen LogP contribution in [0.5, 0.6) is 5.75 Å². The number of carboxylic acids is 1. The Morgan fingerprint density at radius 3 is 2.47 bits per heavy atom. The molecular weight excluding hydrogens is 417 g/mol. The number of pyridine rings is 1. The van der Waals surface area contributed by atoms with Crippen LogP contribution in [0.3, 0.4) is 0 Å². The number of benzene rings is 1. The number of carbonyl (C=O) groups is 1. The van der Waals surface area contributed by atoms with E-state index in [1.165, 1.54) is 18.0 Å². The van der Waals surface area contributed by atoms with Crippen molar-refractivity contribution in [1.29, 1.82) is 0 Å². The summed E-state index contributed by atoms with van der Waals surface area (Å²) in [6.45, 7) is 4.51. The number of aliphatic carboxylic acids is 1. The monoisotopic (exact) mass is 437 g/mol. The highest BCUT2D eigenvalue weighted by atomic mass is 32.2. The van der Waals surface area contributed by atoms with E-state index in [-0.39, 0.29) is 16.4 Å². The van der Waals surface area contributed by atoms with Gasteiger partial charge in [-0.3, -0.25) is 9.78 Å². The summed E-state index contributed by atoms with van der Waals surface area (Å²) in [6, 6.07) is 4.95. The van der Waals surface area contributed by atoms with E-state index in [2.05, 4.69) is 15.1 Å². The van der Waals surface area contributed by atoms with E-state index in [1.807, 2.05) is 0 Å². The Hall–Kier alpha value is -3.38. The van der Waals surface area contributed by atoms with Gasteiger partial charge in [0.05, 0.1) is 23.8 Å². The molecule has 2 aromatic heterocycles. The van der Waals surface area contributed by atoms with E-state index >= 15 is 0 Å². The van der Waals surface area contributed by atoms with Crippen LogP contribution in [-0.2, 0) is 14.8 Å². The van der Waals surface area contributed by atoms with Gasteiger partial charge in [-0.2, -0.15) is 5.10 Å². The first kappa shape index (κ1) is 22.9. The maximum atomic E-state index is 14.4. The SMILES string of the molecule is CC(=O)O.COc1cnc(C)cc1-c1nc(C)nn1-c1cc(S(N)(=O)=O)ccc1F. The summed E-state index contributed by atoms with van der Waals surface area (Å²) in [4.78, 5) is 17.3. The van der Waals surface area contributed by atoms with Gasteiger partial charge in [-0.1, -0.05) is 0 Å². The summed E-state index contributed by atoms with van der Waals surface area (Å²) in [6.07, 6.45) is 1.52. The molecule has 30 heavy (non-hydrogen) atoms. The Kier molecular flexibility index (Phi) is 6.84. The zero-order valence-corrected chi connectivity index (χ0v) is 17.4. The first-order valence-corrected chi connectivity index (χ1v) is 9.95. The third kappa shape index (κ3) is 5.36. The number of rotatable bonds is 4. The Morgan fingerprint density at radius 1 is 1.27 bits per heavy atom. The molecule has 0 aliphatic rings. The highest BCUT2D eigenvalue weighted by Gasteiger charge is 2.20. The molecule has 0 amide bonds. The first-order valence-electron chi connectivity index (χ1n) is 8.41. The maximum absolute atomic E-state index is 14.4. The number of ether oxygens (including phenoxy) is 1. The number of aryl methyl sites for hydroxylation is 2. The van der Waals surface area contributed by atoms with E-state index in [1.54, 1.807) is 19.9 Å². The molecule has 12 heteroatoms. The second-order valence-electron chi connectivity index (χ2n) is 6.10. The number of halogens is 1. The van der Waals surface area contributed by atoms with Crippen LogP contribution in [0.1, 0.15) is 18.4 Å². The van der Waals surface area contributed by atoms with Crippen LogP contribution in [0.25, 0.3) is 17.1 Å². The minimum atomic E-state index is -4.00. The molecule has 3 aromatic rings. The maximum Gasteiger partial charge on any atom is 0.300 e. The predicted molar refractivity (Wildman–Crippen MR) is 105 cm³/mol. The molecule has 0 saturated heterocycles. The molecule has 1 aromatic carbocycles. The first-order chi connectivity index (χ1) is 13.9. The summed E-state index contributed by atoms with van der Waals surface area (Å²) >= 11 is 0. The number of hydrogen-bond donors (Lipinski definition) is 2. The lowest BCUT2D eigenvalue weighted by Crippen LogP contribution is -2.13. The van der Waals surface area contributed by atoms with Gasteiger partial charge in [0.25, 0.3) is 5.97 Å². The predicted octanol–water partition coefficient (Wildman–Crippen LogP) is 1.83. The van der Waals surface area contributed by atoms with Crippen LogP contribution < -0.4 is 9.88 Å². The highest BCUT2D eigenvalue weighted by Crippen LogP contribution is 2.31. The van der Waals surface area contributed by atoms with Crippen molar-refractivity contribution in [2.45, 2.75) is 25.7 Å². The molecule has 2 heterocycles. The average molecular weight is 437 g/mol. The van der Waals surface area contributed by atoms with Crippen LogP contribution in [0, 0.1) is 19.7 Å². The van der Waals surface area contributed by atoms with Crippen molar-refractivity contribution in [3.05, 3.63) is 47.8 Å². The average Bonchev–Trinajstić information content (AvgIpc) is 3.02. The fourth-order valence-corrected chi connectivity index (χ4v) is 3.01. The second-order valence-corrected chi connectivity index (χ2v) is 7.66. The van der Waals surface area contributed by atoms with Crippen molar-refractivity contribution in [3.63, 3.8) is 0 Å². The molecule has 3 N–H and O–H groups in total. The molecule has 0 bridgehead atoms. The molecule has 0 unspecified atom stereocenters. The van der Waals surface area contributed by atoms with Gasteiger partial charge < -0.3 is 9.84 Å². The van der Waals surface area contributed by atoms with Crippen molar-refractivity contribution in [3.8, 4) is 22.8 Å². The van der Waals surface area contributed by atoms with Crippen molar-refractivity contribution in [1.82, 2.24) is 19.7 Å². The highest BCUT2D eigenvalue weighted by molar-refractivity contribution is 7.89. The number of nitrogens with two attached hydrogens (primary N) is 1. The molecule has 0 aliphatic carbocycles. The number of aromatic nitrogens is 4. The van der Waals surface area contributed by atoms with Gasteiger partial charge >= 0.3 is 0 Å². The van der Waals surface area contributed by atoms with Crippen molar-refractivity contribution in [2.75, 3.05) is 7.11 Å². The molecule has 3 rings (SSSR count). The smallest absolute Gasteiger partial charge is 0.300 e. The Balaban J connectivity index is 0.000000735. The van der Waals surface area contributed by atoms with Crippen molar-refractivity contribution >= 4 is 16.0 Å². The van der Waals surface area contributed by atoms with E-state index in [4.69, 9.17) is 19.8 Å². The lowest BCUT2D eigenvalue weighted by molar-refractivity contribution is -0.134. The molecular formula is C18H20FN5O5S. The number of primary sulfonamides is 1. The largest absolute Gasteiger partial charge is 0.494 e. The number of hydrogen-bond acceptors (Lipinski definition) is 7. The third-order valence-electron chi connectivity index (χ3n) is 3.65. The van der Waals surface area contributed by atoms with Crippen LogP contribution in [0.15, 0.2) is 35.4 Å². The van der Waals surface area contributed by atoms with Crippen LogP contribution in [-0.4, -0.2) is 46.4 Å². The van der Waals surface area contributed by atoms with E-state index in [0.717, 1.165) is 25.1 Å². The van der Waals surface area contributed by atoms with Crippen LogP contribution in [0.4, 0.5) is 4.39 Å². The summed E-state index contributed by atoms with van der Waals surface area (Å²) in [5.41, 5.74) is 1.15. The molecule has 0 spiro atoms. The topological polar surface area (TPSA) is 150 Å². The van der Waals surface area contributed by atoms with Gasteiger partial charge in [-0.05, 0) is 38.1 Å². The minimum Gasteiger partial charge on any atom is -0.494 e. The number of sulfonamides is 1. The zero-order chi connectivity index (χ0) is 22.6. The van der Waals surface area contributed by atoms with Crippen LogP contribution >= 0.6 is 0 Å². The molecule has 0 fully saturated rings. The van der Waals surface area contributed by atoms with Gasteiger partial charge in [0.15, 0.2) is 5.82 Å². The summed E-state index contributed by atoms with van der Waals surface area (Å²) in [5.74, 6) is -0.423. The quantitative estimate of drug-likeness (QED) is 0.627. The second kappa shape index (κ2) is 8.97. The van der Waals surface area contributed by atoms with Crippen LogP contribution in [0.2, 0.25) is 0 Å². The molecule has 160 valence electrons. The standard InChI is InChI=1S/C16H16FN5O3S.C2H4O2/c1-9-6-12(15(25-3)8-19-9)16-20-10(2)21-22(16)14-7-11(26(18,23)24)4-5-13(14)17;1-2(3)4/h4-8H,1-3H3,(H2,18,23,24);1H3,(H,3,4). The Labute approximate surface area is 172 Å². The molecule has 0 atom stereocenters. The van der Waals surface area contributed by atoms with E-state index in [0.29, 0.717) is 22.8 Å². The third-order valence-corrected chi connectivity index (χ3v) is 4.56. The molecule has 0 aliphatic heterocycles. The zero-order valence-electron chi connectivity index (χ0n) is 16.6. The van der Waals surface area contributed by atoms with Gasteiger partial charge in [0.1, 0.15) is 23.1 Å². The fraction of sp³-hybridized carbons (Fsp3) is 0.222. The summed E-state index contributed by atoms with van der Waals surface area (Å²) in [5, 5.41) is 16.8. The summed E-state index contributed by atoms with van der Waals surface area (Å²) in [7, 11) is -2.53. The van der Waals surface area contributed by atoms with Gasteiger partial charge in [0, 0.05) is 12.6 Å². The Bertz CT molecular complexity index is 1190. The summed E-state index contributed by atoms with van der Waals surface area (Å²) < 4.78 is 44.2. The van der Waals surface area contributed by atoms with E-state index in [9.17, 15) is 12.8 Å². The van der Waals surface area contributed by atoms with Crippen molar-refractivity contribution in [2.24, 2.45) is 5.14 Å². The number of nitrogens with zero attached hydrogens (tertiary/aromatic N) is 4. The molecule has 0 saturated carbocycles. The van der Waals surface area contributed by atoms with Gasteiger partial charge in [0.2, 0.25) is 10.0 Å². The van der Waals surface area contributed by atoms with E-state index < -0.39 is 21.8 Å². The molecule has 0 radical (unpaired) electrons. The lowest BCUT2D eigenvalue weighted by Gasteiger charge is -2.11. The number of methoxy groups -OCH3 is 1.